The zero-order chi connectivity index (χ0) is 13.0. The van der Waals surface area contributed by atoms with E-state index in [-0.39, 0.29) is 0 Å². The molecule has 2 fully saturated rings. The van der Waals surface area contributed by atoms with Gasteiger partial charge in [0.1, 0.15) is 0 Å². The van der Waals surface area contributed by atoms with Crippen molar-refractivity contribution in [1.82, 2.24) is 0 Å². The number of allylic oxidation sites excluding steroid dienone is 1. The average molecular weight is 248 g/mol. The van der Waals surface area contributed by atoms with Gasteiger partial charge in [0.05, 0.1) is 0 Å². The summed E-state index contributed by atoms with van der Waals surface area (Å²) in [5.74, 6) is 3.61. The van der Waals surface area contributed by atoms with Gasteiger partial charge in [-0.05, 0) is 36.5 Å². The van der Waals surface area contributed by atoms with E-state index in [4.69, 9.17) is 0 Å². The van der Waals surface area contributed by atoms with Gasteiger partial charge >= 0.3 is 0 Å². The molecule has 2 rings (SSSR count). The largest absolute Gasteiger partial charge is 0.0996 e. The lowest BCUT2D eigenvalue weighted by molar-refractivity contribution is 0.239. The summed E-state index contributed by atoms with van der Waals surface area (Å²) >= 11 is 0. The summed E-state index contributed by atoms with van der Waals surface area (Å²) in [5, 5.41) is 0. The normalized spacial score (nSPS) is 32.1. The molecule has 2 saturated carbocycles. The van der Waals surface area contributed by atoms with Crippen LogP contribution in [-0.2, 0) is 0 Å². The van der Waals surface area contributed by atoms with Gasteiger partial charge in [0, 0.05) is 0 Å². The molecule has 3 unspecified atom stereocenters. The summed E-state index contributed by atoms with van der Waals surface area (Å²) in [6, 6.07) is 0. The molecule has 0 heteroatoms. The first-order valence-corrected chi connectivity index (χ1v) is 8.36. The van der Waals surface area contributed by atoms with Gasteiger partial charge in [-0.25, -0.2) is 0 Å². The van der Waals surface area contributed by atoms with Gasteiger partial charge in [-0.15, -0.1) is 0 Å². The summed E-state index contributed by atoms with van der Waals surface area (Å²) in [4.78, 5) is 0. The lowest BCUT2D eigenvalue weighted by atomic mass is 9.72. The van der Waals surface area contributed by atoms with Crippen LogP contribution in [0.2, 0.25) is 0 Å². The first-order valence-electron chi connectivity index (χ1n) is 8.36. The van der Waals surface area contributed by atoms with Crippen molar-refractivity contribution in [2.75, 3.05) is 0 Å². The SMILES string of the molecule is C=C(CC(C)C1CCCCC1)C1CCCCC1C. The molecule has 0 spiro atoms. The molecule has 2 aliphatic carbocycles. The van der Waals surface area contributed by atoms with Crippen molar-refractivity contribution in [2.45, 2.75) is 78.1 Å². The quantitative estimate of drug-likeness (QED) is 0.537. The first-order chi connectivity index (χ1) is 8.68. The summed E-state index contributed by atoms with van der Waals surface area (Å²) in [6.07, 6.45) is 14.4. The maximum Gasteiger partial charge on any atom is -0.0180 e. The van der Waals surface area contributed by atoms with Crippen molar-refractivity contribution in [3.8, 4) is 0 Å². The zero-order valence-electron chi connectivity index (χ0n) is 12.6. The van der Waals surface area contributed by atoms with Crippen LogP contribution in [0.3, 0.4) is 0 Å². The van der Waals surface area contributed by atoms with Crippen molar-refractivity contribution in [3.05, 3.63) is 12.2 Å². The molecular weight excluding hydrogens is 216 g/mol. The molecule has 0 aromatic heterocycles. The van der Waals surface area contributed by atoms with E-state index in [1.165, 1.54) is 64.2 Å². The molecule has 18 heavy (non-hydrogen) atoms. The second-order valence-corrected chi connectivity index (χ2v) is 7.11. The highest BCUT2D eigenvalue weighted by Crippen LogP contribution is 2.39. The van der Waals surface area contributed by atoms with Crippen LogP contribution in [0.15, 0.2) is 12.2 Å². The fraction of sp³-hybridized carbons (Fsp3) is 0.889. The lowest BCUT2D eigenvalue weighted by Gasteiger charge is -2.34. The monoisotopic (exact) mass is 248 g/mol. The van der Waals surface area contributed by atoms with Crippen LogP contribution in [0.25, 0.3) is 0 Å². The van der Waals surface area contributed by atoms with E-state index >= 15 is 0 Å². The van der Waals surface area contributed by atoms with Crippen molar-refractivity contribution in [3.63, 3.8) is 0 Å². The van der Waals surface area contributed by atoms with E-state index in [9.17, 15) is 0 Å². The highest BCUT2D eigenvalue weighted by Gasteiger charge is 2.26. The van der Waals surface area contributed by atoms with E-state index in [1.54, 1.807) is 5.57 Å². The third-order valence-corrected chi connectivity index (χ3v) is 5.67. The average Bonchev–Trinajstić information content (AvgIpc) is 2.40. The van der Waals surface area contributed by atoms with Crippen LogP contribution < -0.4 is 0 Å². The molecule has 3 atom stereocenters. The Hall–Kier alpha value is -0.260. The maximum atomic E-state index is 4.46. The van der Waals surface area contributed by atoms with Crippen molar-refractivity contribution < 1.29 is 0 Å². The molecule has 0 radical (unpaired) electrons. The zero-order valence-corrected chi connectivity index (χ0v) is 12.6. The van der Waals surface area contributed by atoms with Gasteiger partial charge in [0.2, 0.25) is 0 Å². The minimum atomic E-state index is 0.838. The van der Waals surface area contributed by atoms with Crippen LogP contribution >= 0.6 is 0 Å². The summed E-state index contributed by atoms with van der Waals surface area (Å²) in [5.41, 5.74) is 1.58. The highest BCUT2D eigenvalue weighted by atomic mass is 14.3. The molecular formula is C18H32. The van der Waals surface area contributed by atoms with Crippen LogP contribution in [0, 0.1) is 23.7 Å². The van der Waals surface area contributed by atoms with Crippen LogP contribution in [0.1, 0.15) is 78.1 Å². The minimum absolute atomic E-state index is 0.838. The second-order valence-electron chi connectivity index (χ2n) is 7.11. The number of hydrogen-bond donors (Lipinski definition) is 0. The Morgan fingerprint density at radius 3 is 2.28 bits per heavy atom. The molecule has 0 N–H and O–H groups in total. The molecule has 0 saturated heterocycles. The third-order valence-electron chi connectivity index (χ3n) is 5.67. The Morgan fingerprint density at radius 2 is 1.61 bits per heavy atom. The van der Waals surface area contributed by atoms with Gasteiger partial charge in [-0.2, -0.15) is 0 Å². The van der Waals surface area contributed by atoms with E-state index in [2.05, 4.69) is 20.4 Å². The van der Waals surface area contributed by atoms with E-state index in [0.29, 0.717) is 0 Å². The van der Waals surface area contributed by atoms with Gasteiger partial charge < -0.3 is 0 Å². The fourth-order valence-corrected chi connectivity index (χ4v) is 4.36. The van der Waals surface area contributed by atoms with Gasteiger partial charge in [-0.1, -0.05) is 77.4 Å². The topological polar surface area (TPSA) is 0 Å². The van der Waals surface area contributed by atoms with Crippen molar-refractivity contribution in [2.24, 2.45) is 23.7 Å². The molecule has 104 valence electrons. The van der Waals surface area contributed by atoms with E-state index in [0.717, 1.165) is 23.7 Å². The Bertz CT molecular complexity index is 259. The van der Waals surface area contributed by atoms with Crippen molar-refractivity contribution >= 4 is 0 Å². The predicted octanol–water partition coefficient (Wildman–Crippen LogP) is 5.98. The number of rotatable bonds is 4. The molecule has 0 aliphatic heterocycles. The van der Waals surface area contributed by atoms with Gasteiger partial charge in [-0.3, -0.25) is 0 Å². The first kappa shape index (κ1) is 14.2. The van der Waals surface area contributed by atoms with Gasteiger partial charge in [0.25, 0.3) is 0 Å². The molecule has 0 bridgehead atoms. The predicted molar refractivity (Wildman–Crippen MR) is 80.6 cm³/mol. The number of hydrogen-bond acceptors (Lipinski definition) is 0. The minimum Gasteiger partial charge on any atom is -0.0996 e. The summed E-state index contributed by atoms with van der Waals surface area (Å²) < 4.78 is 0. The van der Waals surface area contributed by atoms with Crippen LogP contribution in [-0.4, -0.2) is 0 Å². The Morgan fingerprint density at radius 1 is 1.00 bits per heavy atom. The third kappa shape index (κ3) is 3.62. The van der Waals surface area contributed by atoms with E-state index < -0.39 is 0 Å². The Balaban J connectivity index is 1.81. The molecule has 2 aliphatic rings. The summed E-state index contributed by atoms with van der Waals surface area (Å²) in [6.45, 7) is 9.39. The second kappa shape index (κ2) is 6.78. The maximum absolute atomic E-state index is 4.46. The van der Waals surface area contributed by atoms with Crippen LogP contribution in [0.5, 0.6) is 0 Å². The molecule has 0 aromatic carbocycles. The van der Waals surface area contributed by atoms with E-state index in [1.807, 2.05) is 0 Å². The fourth-order valence-electron chi connectivity index (χ4n) is 4.36. The summed E-state index contributed by atoms with van der Waals surface area (Å²) in [7, 11) is 0. The molecule has 0 nitrogen and oxygen atoms in total. The van der Waals surface area contributed by atoms with Crippen molar-refractivity contribution in [1.29, 1.82) is 0 Å². The smallest absolute Gasteiger partial charge is 0.0180 e. The molecule has 0 aromatic rings. The standard InChI is InChI=1S/C18H32/c1-14-9-7-8-12-18(14)16(3)13-15(2)17-10-5-4-6-11-17/h14-15,17-18H,3-13H2,1-2H3. The Labute approximate surface area is 114 Å². The molecule has 0 heterocycles. The van der Waals surface area contributed by atoms with Gasteiger partial charge in [0.15, 0.2) is 0 Å². The van der Waals surface area contributed by atoms with Crippen LogP contribution in [0.4, 0.5) is 0 Å². The highest BCUT2D eigenvalue weighted by molar-refractivity contribution is 5.05. The molecule has 0 amide bonds. The Kier molecular flexibility index (Phi) is 5.33. The lowest BCUT2D eigenvalue weighted by Crippen LogP contribution is -2.22.